The number of aliphatic imine (C=N–C) groups is 1. The van der Waals surface area contributed by atoms with Gasteiger partial charge in [0.25, 0.3) is 5.91 Å². The van der Waals surface area contributed by atoms with E-state index in [2.05, 4.69) is 4.99 Å². The van der Waals surface area contributed by atoms with Crippen LogP contribution in [0, 0.1) is 6.92 Å². The number of anilines is 2. The Hall–Kier alpha value is -4.04. The molecular formula is C28H25N3O4S. The van der Waals surface area contributed by atoms with Crippen molar-refractivity contribution in [1.29, 1.82) is 0 Å². The lowest BCUT2D eigenvalue weighted by Gasteiger charge is -2.23. The molecule has 0 saturated carbocycles. The number of benzene rings is 3. The summed E-state index contributed by atoms with van der Waals surface area (Å²) in [5, 5.41) is -0.0160. The summed E-state index contributed by atoms with van der Waals surface area (Å²) in [6.45, 7) is 3.99. The third-order valence-corrected chi connectivity index (χ3v) is 6.97. The highest BCUT2D eigenvalue weighted by molar-refractivity contribution is 8.15. The van der Waals surface area contributed by atoms with Gasteiger partial charge >= 0.3 is 0 Å². The monoisotopic (exact) mass is 499 g/mol. The largest absolute Gasteiger partial charge is 0.454 e. The molecule has 0 fully saturated rings. The van der Waals surface area contributed by atoms with Crippen molar-refractivity contribution in [2.45, 2.75) is 19.1 Å². The van der Waals surface area contributed by atoms with Crippen LogP contribution < -0.4 is 19.3 Å². The second-order valence-corrected chi connectivity index (χ2v) is 9.81. The van der Waals surface area contributed by atoms with E-state index in [0.717, 1.165) is 16.8 Å². The number of amidine groups is 1. The Balaban J connectivity index is 1.45. The Labute approximate surface area is 214 Å². The molecule has 36 heavy (non-hydrogen) atoms. The minimum atomic E-state index is -0.473. The van der Waals surface area contributed by atoms with Gasteiger partial charge in [-0.2, -0.15) is 0 Å². The first-order valence-electron chi connectivity index (χ1n) is 11.5. The van der Waals surface area contributed by atoms with E-state index in [4.69, 9.17) is 9.47 Å². The Morgan fingerprint density at radius 2 is 1.78 bits per heavy atom. The second-order valence-electron chi connectivity index (χ2n) is 8.51. The predicted octanol–water partition coefficient (Wildman–Crippen LogP) is 5.25. The zero-order valence-electron chi connectivity index (χ0n) is 20.2. The lowest BCUT2D eigenvalue weighted by Crippen LogP contribution is -2.36. The van der Waals surface area contributed by atoms with Gasteiger partial charge in [-0.25, -0.2) is 4.99 Å². The molecule has 0 radical (unpaired) electrons. The summed E-state index contributed by atoms with van der Waals surface area (Å²) < 4.78 is 10.8. The van der Waals surface area contributed by atoms with E-state index in [1.807, 2.05) is 86.6 Å². The summed E-state index contributed by atoms with van der Waals surface area (Å²) in [6, 6.07) is 22.6. The van der Waals surface area contributed by atoms with Crippen LogP contribution in [-0.2, 0) is 9.59 Å². The molecule has 1 atom stereocenters. The van der Waals surface area contributed by atoms with E-state index in [9.17, 15) is 9.59 Å². The maximum Gasteiger partial charge on any atom is 0.283 e. The summed E-state index contributed by atoms with van der Waals surface area (Å²) in [4.78, 5) is 34.6. The van der Waals surface area contributed by atoms with Gasteiger partial charge in [0.15, 0.2) is 16.7 Å². The molecule has 0 bridgehead atoms. The fraction of sp³-hybridized carbons (Fsp3) is 0.179. The lowest BCUT2D eigenvalue weighted by atomic mass is 10.1. The van der Waals surface area contributed by atoms with Gasteiger partial charge in [0.05, 0.1) is 10.9 Å². The minimum absolute atomic E-state index is 0.0848. The van der Waals surface area contributed by atoms with Crippen LogP contribution in [0.4, 0.5) is 11.4 Å². The third kappa shape index (κ3) is 4.72. The molecule has 2 aliphatic heterocycles. The molecule has 0 N–H and O–H groups in total. The molecule has 3 aromatic rings. The molecule has 0 aromatic heterocycles. The van der Waals surface area contributed by atoms with E-state index in [-0.39, 0.29) is 24.3 Å². The van der Waals surface area contributed by atoms with Gasteiger partial charge in [-0.15, -0.1) is 0 Å². The summed E-state index contributed by atoms with van der Waals surface area (Å²) in [5.74, 6) is 0.964. The van der Waals surface area contributed by atoms with Crippen LogP contribution >= 0.6 is 11.8 Å². The zero-order chi connectivity index (χ0) is 25.2. The van der Waals surface area contributed by atoms with Crippen LogP contribution in [0.3, 0.4) is 0 Å². The molecule has 2 amide bonds. The fourth-order valence-electron chi connectivity index (χ4n) is 3.92. The summed E-state index contributed by atoms with van der Waals surface area (Å²) in [5.41, 5.74) is 3.64. The number of fused-ring (bicyclic) bond motifs is 1. The highest BCUT2D eigenvalue weighted by Crippen LogP contribution is 2.35. The summed E-state index contributed by atoms with van der Waals surface area (Å²) in [6.07, 6.45) is 1.72. The van der Waals surface area contributed by atoms with Crippen molar-refractivity contribution in [2.24, 2.45) is 4.99 Å². The predicted molar refractivity (Wildman–Crippen MR) is 144 cm³/mol. The van der Waals surface area contributed by atoms with Crippen LogP contribution in [0.1, 0.15) is 18.1 Å². The standard InChI is InChI=1S/C28H25N3O4S/c1-18-9-12-22(13-10-18)31-27(33)23(15-20-11-14-24-25(16-20)35-17-34-24)29-28(31)36-19(2)26(32)30(3)21-7-5-4-6-8-21/h4-16,19H,17H2,1-3H3/b23-15-. The Morgan fingerprint density at radius 1 is 1.06 bits per heavy atom. The van der Waals surface area contributed by atoms with Crippen LogP contribution in [-0.4, -0.2) is 36.1 Å². The Morgan fingerprint density at radius 3 is 2.53 bits per heavy atom. The molecule has 2 heterocycles. The van der Waals surface area contributed by atoms with Crippen LogP contribution in [0.25, 0.3) is 6.08 Å². The summed E-state index contributed by atoms with van der Waals surface area (Å²) >= 11 is 1.26. The molecule has 2 aliphatic rings. The normalized spacial score (nSPS) is 16.3. The number of para-hydroxylation sites is 1. The first-order chi connectivity index (χ1) is 17.4. The SMILES string of the molecule is Cc1ccc(N2C(=O)/C(=C/c3ccc4c(c3)OCO4)N=C2SC(C)C(=O)N(C)c2ccccc2)cc1. The van der Waals surface area contributed by atoms with Gasteiger partial charge in [0.2, 0.25) is 12.7 Å². The number of carbonyl (C=O) groups is 2. The molecule has 0 aliphatic carbocycles. The second kappa shape index (κ2) is 9.91. The quantitative estimate of drug-likeness (QED) is 0.449. The molecule has 182 valence electrons. The number of amides is 2. The Bertz CT molecular complexity index is 1370. The molecule has 3 aromatic carbocycles. The average molecular weight is 500 g/mol. The number of rotatable bonds is 5. The van der Waals surface area contributed by atoms with E-state index < -0.39 is 5.25 Å². The van der Waals surface area contributed by atoms with E-state index in [0.29, 0.717) is 22.4 Å². The van der Waals surface area contributed by atoms with Gasteiger partial charge in [-0.3, -0.25) is 14.5 Å². The molecular weight excluding hydrogens is 474 g/mol. The van der Waals surface area contributed by atoms with Crippen molar-refractivity contribution in [1.82, 2.24) is 0 Å². The number of carbonyl (C=O) groups excluding carboxylic acids is 2. The third-order valence-electron chi connectivity index (χ3n) is 5.93. The van der Waals surface area contributed by atoms with Gasteiger partial charge < -0.3 is 14.4 Å². The lowest BCUT2D eigenvalue weighted by molar-refractivity contribution is -0.117. The maximum atomic E-state index is 13.5. The van der Waals surface area contributed by atoms with Crippen LogP contribution in [0.2, 0.25) is 0 Å². The topological polar surface area (TPSA) is 71.4 Å². The Kier molecular flexibility index (Phi) is 6.52. The van der Waals surface area contributed by atoms with Crippen LogP contribution in [0.5, 0.6) is 11.5 Å². The van der Waals surface area contributed by atoms with Gasteiger partial charge in [-0.1, -0.05) is 53.7 Å². The van der Waals surface area contributed by atoms with Crippen molar-refractivity contribution in [3.8, 4) is 11.5 Å². The van der Waals surface area contributed by atoms with Crippen molar-refractivity contribution in [3.63, 3.8) is 0 Å². The van der Waals surface area contributed by atoms with Crippen molar-refractivity contribution < 1.29 is 19.1 Å². The first-order valence-corrected chi connectivity index (χ1v) is 12.4. The number of aryl methyl sites for hydroxylation is 1. The van der Waals surface area contributed by atoms with Crippen LogP contribution in [0.15, 0.2) is 83.5 Å². The minimum Gasteiger partial charge on any atom is -0.454 e. The average Bonchev–Trinajstić information content (AvgIpc) is 3.48. The molecule has 1 unspecified atom stereocenters. The highest BCUT2D eigenvalue weighted by atomic mass is 32.2. The van der Waals surface area contributed by atoms with E-state index in [1.54, 1.807) is 22.9 Å². The number of hydrogen-bond acceptors (Lipinski definition) is 6. The van der Waals surface area contributed by atoms with Crippen molar-refractivity contribution in [3.05, 3.63) is 89.6 Å². The van der Waals surface area contributed by atoms with Crippen molar-refractivity contribution >= 4 is 46.2 Å². The molecule has 0 saturated heterocycles. The van der Waals surface area contributed by atoms with Crippen molar-refractivity contribution in [2.75, 3.05) is 23.6 Å². The smallest absolute Gasteiger partial charge is 0.283 e. The number of ether oxygens (including phenoxy) is 2. The molecule has 8 heteroatoms. The van der Waals surface area contributed by atoms with E-state index >= 15 is 0 Å². The maximum absolute atomic E-state index is 13.5. The number of thioether (sulfide) groups is 1. The fourth-order valence-corrected chi connectivity index (χ4v) is 4.94. The number of nitrogens with zero attached hydrogens (tertiary/aromatic N) is 3. The molecule has 7 nitrogen and oxygen atoms in total. The number of hydrogen-bond donors (Lipinski definition) is 0. The zero-order valence-corrected chi connectivity index (χ0v) is 21.0. The van der Waals surface area contributed by atoms with Gasteiger partial charge in [0.1, 0.15) is 5.70 Å². The summed E-state index contributed by atoms with van der Waals surface area (Å²) in [7, 11) is 1.75. The van der Waals surface area contributed by atoms with Gasteiger partial charge in [-0.05, 0) is 61.9 Å². The molecule has 0 spiro atoms. The highest BCUT2D eigenvalue weighted by Gasteiger charge is 2.35. The van der Waals surface area contributed by atoms with E-state index in [1.165, 1.54) is 11.8 Å². The molecule has 5 rings (SSSR count). The first kappa shape index (κ1) is 23.7. The van der Waals surface area contributed by atoms with Gasteiger partial charge in [0, 0.05) is 12.7 Å².